The van der Waals surface area contributed by atoms with Gasteiger partial charge in [-0.1, -0.05) is 58.4 Å². The summed E-state index contributed by atoms with van der Waals surface area (Å²) in [6.45, 7) is 0. The predicted octanol–water partition coefficient (Wildman–Crippen LogP) is 6.85. The average molecular weight is 597 g/mol. The molecular weight excluding hydrogens is 574 g/mol. The van der Waals surface area contributed by atoms with Crippen LogP contribution in [0.15, 0.2) is 93.6 Å². The van der Waals surface area contributed by atoms with Gasteiger partial charge in [0.05, 0.1) is 12.1 Å². The number of nitrogens with zero attached hydrogens (tertiary/aromatic N) is 1. The minimum Gasteiger partial charge on any atom is -0.481 e. The van der Waals surface area contributed by atoms with E-state index in [0.29, 0.717) is 10.8 Å². The van der Waals surface area contributed by atoms with Crippen LogP contribution < -0.4 is 10.6 Å². The minimum absolute atomic E-state index is 0.0949. The standard InChI is InChI=1S/C27H22BrN3O4S2/c28-19-8-6-17(7-9-19)22-16-36-27(30-22)31-26(35)25(18-4-2-1-3-5-18)37-21-12-10-20(11-13-21)29-23(32)14-15-24(33)34/h1-13,16,25H,14-15H2,(H,29,32)(H,33,34)(H,30,31,35). The van der Waals surface area contributed by atoms with Gasteiger partial charge >= 0.3 is 5.97 Å². The molecule has 1 aromatic heterocycles. The van der Waals surface area contributed by atoms with E-state index in [0.717, 1.165) is 26.2 Å². The number of aliphatic carboxylic acids is 1. The summed E-state index contributed by atoms with van der Waals surface area (Å²) in [7, 11) is 0. The normalized spacial score (nSPS) is 11.5. The molecule has 0 saturated carbocycles. The molecule has 1 heterocycles. The molecule has 4 rings (SSSR count). The smallest absolute Gasteiger partial charge is 0.303 e. The van der Waals surface area contributed by atoms with Gasteiger partial charge in [-0.3, -0.25) is 14.4 Å². The molecule has 4 aromatic rings. The van der Waals surface area contributed by atoms with E-state index in [1.165, 1.54) is 23.1 Å². The van der Waals surface area contributed by atoms with E-state index in [4.69, 9.17) is 5.11 Å². The Balaban J connectivity index is 1.45. The van der Waals surface area contributed by atoms with Gasteiger partial charge in [-0.25, -0.2) is 4.98 Å². The quantitative estimate of drug-likeness (QED) is 0.173. The van der Waals surface area contributed by atoms with Crippen molar-refractivity contribution in [1.29, 1.82) is 0 Å². The molecule has 1 unspecified atom stereocenters. The van der Waals surface area contributed by atoms with Crippen molar-refractivity contribution in [3.05, 3.63) is 94.3 Å². The van der Waals surface area contributed by atoms with Crippen molar-refractivity contribution < 1.29 is 19.5 Å². The first-order chi connectivity index (χ1) is 17.9. The lowest BCUT2D eigenvalue weighted by Crippen LogP contribution is -2.19. The average Bonchev–Trinajstić information content (AvgIpc) is 3.36. The number of thioether (sulfide) groups is 1. The summed E-state index contributed by atoms with van der Waals surface area (Å²) in [4.78, 5) is 41.3. The number of carbonyl (C=O) groups excluding carboxylic acids is 2. The summed E-state index contributed by atoms with van der Waals surface area (Å²) in [5.41, 5.74) is 3.16. The van der Waals surface area contributed by atoms with E-state index in [2.05, 4.69) is 31.5 Å². The van der Waals surface area contributed by atoms with Gasteiger partial charge in [-0.2, -0.15) is 0 Å². The summed E-state index contributed by atoms with van der Waals surface area (Å²) in [6, 6.07) is 24.4. The highest BCUT2D eigenvalue weighted by Gasteiger charge is 2.23. The van der Waals surface area contributed by atoms with Crippen molar-refractivity contribution >= 4 is 67.6 Å². The zero-order valence-electron chi connectivity index (χ0n) is 19.4. The number of amides is 2. The lowest BCUT2D eigenvalue weighted by Gasteiger charge is -2.16. The number of hydrogen-bond donors (Lipinski definition) is 3. The number of nitrogens with one attached hydrogen (secondary N) is 2. The fourth-order valence-electron chi connectivity index (χ4n) is 3.35. The molecule has 0 aliphatic rings. The lowest BCUT2D eigenvalue weighted by atomic mass is 10.1. The largest absolute Gasteiger partial charge is 0.481 e. The number of halogens is 1. The van der Waals surface area contributed by atoms with Gasteiger partial charge in [-0.15, -0.1) is 23.1 Å². The van der Waals surface area contributed by atoms with E-state index in [9.17, 15) is 14.4 Å². The van der Waals surface area contributed by atoms with Crippen LogP contribution in [0.5, 0.6) is 0 Å². The maximum Gasteiger partial charge on any atom is 0.303 e. The van der Waals surface area contributed by atoms with Gasteiger partial charge < -0.3 is 15.7 Å². The first-order valence-electron chi connectivity index (χ1n) is 11.2. The molecule has 0 aliphatic carbocycles. The van der Waals surface area contributed by atoms with Gasteiger partial charge in [0.2, 0.25) is 11.8 Å². The van der Waals surface area contributed by atoms with Crippen LogP contribution >= 0.6 is 39.0 Å². The number of carbonyl (C=O) groups is 3. The zero-order valence-corrected chi connectivity index (χ0v) is 22.6. The van der Waals surface area contributed by atoms with Crippen LogP contribution in [0.4, 0.5) is 10.8 Å². The van der Waals surface area contributed by atoms with E-state index in [-0.39, 0.29) is 24.7 Å². The van der Waals surface area contributed by atoms with Gasteiger partial charge in [0.1, 0.15) is 5.25 Å². The molecule has 1 atom stereocenters. The third-order valence-electron chi connectivity index (χ3n) is 5.17. The molecule has 0 radical (unpaired) electrons. The van der Waals surface area contributed by atoms with Crippen LogP contribution in [0.2, 0.25) is 0 Å². The second-order valence-electron chi connectivity index (χ2n) is 7.91. The Bertz CT molecular complexity index is 1380. The van der Waals surface area contributed by atoms with Crippen molar-refractivity contribution in [3.8, 4) is 11.3 Å². The topological polar surface area (TPSA) is 108 Å². The zero-order chi connectivity index (χ0) is 26.2. The van der Waals surface area contributed by atoms with Crippen LogP contribution in [0.25, 0.3) is 11.3 Å². The fourth-order valence-corrected chi connectivity index (χ4v) is 5.36. The monoisotopic (exact) mass is 595 g/mol. The molecule has 0 spiro atoms. The summed E-state index contributed by atoms with van der Waals surface area (Å²) < 4.78 is 0.983. The Labute approximate surface area is 230 Å². The van der Waals surface area contributed by atoms with E-state index in [1.54, 1.807) is 12.1 Å². The minimum atomic E-state index is -1.02. The molecule has 3 N–H and O–H groups in total. The van der Waals surface area contributed by atoms with Crippen LogP contribution in [0.1, 0.15) is 23.7 Å². The highest BCUT2D eigenvalue weighted by atomic mass is 79.9. The van der Waals surface area contributed by atoms with Crippen molar-refractivity contribution in [1.82, 2.24) is 4.98 Å². The summed E-state index contributed by atoms with van der Waals surface area (Å²) in [6.07, 6.45) is -0.320. The lowest BCUT2D eigenvalue weighted by molar-refractivity contribution is -0.138. The van der Waals surface area contributed by atoms with Gasteiger partial charge in [0.25, 0.3) is 0 Å². The second kappa shape index (κ2) is 12.7. The number of aromatic nitrogens is 1. The molecular formula is C27H22BrN3O4S2. The van der Waals surface area contributed by atoms with Crippen molar-refractivity contribution in [2.75, 3.05) is 10.6 Å². The second-order valence-corrected chi connectivity index (χ2v) is 10.9. The summed E-state index contributed by atoms with van der Waals surface area (Å²) >= 11 is 6.18. The van der Waals surface area contributed by atoms with E-state index in [1.807, 2.05) is 72.1 Å². The molecule has 37 heavy (non-hydrogen) atoms. The molecule has 3 aromatic carbocycles. The van der Waals surface area contributed by atoms with Crippen molar-refractivity contribution in [2.45, 2.75) is 23.0 Å². The number of carboxylic acids is 1. The fraction of sp³-hybridized carbons (Fsp3) is 0.111. The Morgan fingerprint density at radius 3 is 2.30 bits per heavy atom. The van der Waals surface area contributed by atoms with Crippen LogP contribution in [-0.4, -0.2) is 27.9 Å². The molecule has 0 fully saturated rings. The molecule has 2 amide bonds. The number of carboxylic acid groups (broad SMARTS) is 1. The van der Waals surface area contributed by atoms with E-state index < -0.39 is 11.2 Å². The number of rotatable bonds is 10. The van der Waals surface area contributed by atoms with Crippen molar-refractivity contribution in [2.24, 2.45) is 0 Å². The first-order valence-corrected chi connectivity index (χ1v) is 13.8. The predicted molar refractivity (Wildman–Crippen MR) is 151 cm³/mol. The number of benzene rings is 3. The number of hydrogen-bond acceptors (Lipinski definition) is 6. The maximum absolute atomic E-state index is 13.4. The van der Waals surface area contributed by atoms with Crippen LogP contribution in [0.3, 0.4) is 0 Å². The molecule has 10 heteroatoms. The Morgan fingerprint density at radius 1 is 0.919 bits per heavy atom. The number of anilines is 2. The Morgan fingerprint density at radius 2 is 1.62 bits per heavy atom. The van der Waals surface area contributed by atoms with Gasteiger partial charge in [0, 0.05) is 32.4 Å². The molecule has 0 bridgehead atoms. The number of thiazole rings is 1. The Hall–Kier alpha value is -3.47. The molecule has 188 valence electrons. The molecule has 0 aliphatic heterocycles. The first kappa shape index (κ1) is 26.6. The molecule has 0 saturated heterocycles. The third kappa shape index (κ3) is 7.75. The van der Waals surface area contributed by atoms with Crippen molar-refractivity contribution in [3.63, 3.8) is 0 Å². The van der Waals surface area contributed by atoms with Crippen LogP contribution in [-0.2, 0) is 14.4 Å². The van der Waals surface area contributed by atoms with Crippen LogP contribution in [0, 0.1) is 0 Å². The SMILES string of the molecule is O=C(O)CCC(=O)Nc1ccc(SC(C(=O)Nc2nc(-c3ccc(Br)cc3)cs2)c2ccccc2)cc1. The highest BCUT2D eigenvalue weighted by Crippen LogP contribution is 2.37. The van der Waals surface area contributed by atoms with Gasteiger partial charge in [-0.05, 0) is 42.0 Å². The van der Waals surface area contributed by atoms with Gasteiger partial charge in [0.15, 0.2) is 5.13 Å². The summed E-state index contributed by atoms with van der Waals surface area (Å²) in [5.74, 6) is -1.58. The third-order valence-corrected chi connectivity index (χ3v) is 7.73. The molecule has 7 nitrogen and oxygen atoms in total. The Kier molecular flexibility index (Phi) is 9.10. The van der Waals surface area contributed by atoms with E-state index >= 15 is 0 Å². The maximum atomic E-state index is 13.4. The highest BCUT2D eigenvalue weighted by molar-refractivity contribution is 9.10. The summed E-state index contributed by atoms with van der Waals surface area (Å²) in [5, 5.41) is 16.3.